The Balaban J connectivity index is 1.89. The summed E-state index contributed by atoms with van der Waals surface area (Å²) in [7, 11) is 0. The molecule has 5 nitrogen and oxygen atoms in total. The monoisotopic (exact) mass is 500 g/mol. The summed E-state index contributed by atoms with van der Waals surface area (Å²) < 4.78 is 85.8. The summed E-state index contributed by atoms with van der Waals surface area (Å²) in [6.45, 7) is 3.36. The zero-order valence-corrected chi connectivity index (χ0v) is 18.7. The minimum absolute atomic E-state index is 0.127. The molecule has 0 bridgehead atoms. The molecule has 0 saturated heterocycles. The molecule has 2 aromatic carbocycles. The average Bonchev–Trinajstić information content (AvgIpc) is 3.44. The number of halogens is 6. The van der Waals surface area contributed by atoms with Crippen molar-refractivity contribution < 1.29 is 41.0 Å². The molecule has 11 heteroatoms. The predicted molar refractivity (Wildman–Crippen MR) is 113 cm³/mol. The molecule has 0 saturated carbocycles. The second-order valence-corrected chi connectivity index (χ2v) is 8.78. The van der Waals surface area contributed by atoms with Crippen LogP contribution in [0.3, 0.4) is 0 Å². The number of oxazole rings is 1. The van der Waals surface area contributed by atoms with E-state index < -0.39 is 29.1 Å². The smallest absolute Gasteiger partial charge is 0.430 e. The number of nitrogens with zero attached hydrogens (tertiary/aromatic N) is 2. The van der Waals surface area contributed by atoms with Crippen molar-refractivity contribution in [3.8, 4) is 0 Å². The van der Waals surface area contributed by atoms with Crippen molar-refractivity contribution in [1.82, 2.24) is 4.98 Å². The number of aromatic nitrogens is 1. The number of hydrogen-bond acceptors (Lipinski definition) is 5. The Morgan fingerprint density at radius 3 is 2.29 bits per heavy atom. The molecule has 2 N–H and O–H groups in total. The van der Waals surface area contributed by atoms with Crippen molar-refractivity contribution >= 4 is 5.69 Å². The van der Waals surface area contributed by atoms with Crippen LogP contribution in [-0.2, 0) is 24.2 Å². The van der Waals surface area contributed by atoms with Gasteiger partial charge in [0.2, 0.25) is 0 Å². The first-order valence-corrected chi connectivity index (χ1v) is 10.6. The standard InChI is InChI=1S/C24H22F6N2O3/c1-14-8-16-10-18(22(34,23(25,26)27)24(28,29)30)6-7-19(16)32(14)21(2,20-12-35-13-31-20)17-5-3-4-15(9-17)11-33/h3-7,9-10,12-14,33-34H,8,11H2,1-2H3. The Bertz CT molecular complexity index is 1190. The molecule has 0 aliphatic carbocycles. The molecule has 35 heavy (non-hydrogen) atoms. The van der Waals surface area contributed by atoms with Gasteiger partial charge in [0.15, 0.2) is 6.39 Å². The van der Waals surface area contributed by atoms with Gasteiger partial charge in [-0.05, 0) is 43.0 Å². The van der Waals surface area contributed by atoms with E-state index in [-0.39, 0.29) is 24.6 Å². The second-order valence-electron chi connectivity index (χ2n) is 8.78. The summed E-state index contributed by atoms with van der Waals surface area (Å²) >= 11 is 0. The highest BCUT2D eigenvalue weighted by Crippen LogP contribution is 2.52. The van der Waals surface area contributed by atoms with Gasteiger partial charge in [0.1, 0.15) is 17.5 Å². The van der Waals surface area contributed by atoms with Crippen LogP contribution in [0.15, 0.2) is 59.5 Å². The molecule has 2 unspecified atom stereocenters. The van der Waals surface area contributed by atoms with Crippen LogP contribution in [0.5, 0.6) is 0 Å². The topological polar surface area (TPSA) is 69.7 Å². The van der Waals surface area contributed by atoms with Crippen molar-refractivity contribution in [2.24, 2.45) is 0 Å². The van der Waals surface area contributed by atoms with E-state index in [2.05, 4.69) is 4.98 Å². The highest BCUT2D eigenvalue weighted by Gasteiger charge is 2.71. The molecule has 1 aromatic heterocycles. The highest BCUT2D eigenvalue weighted by atomic mass is 19.4. The SMILES string of the molecule is CC1Cc2cc(C(O)(C(F)(F)F)C(F)(F)F)ccc2N1C(C)(c1cccc(CO)c1)c1cocn1. The molecule has 4 rings (SSSR count). The van der Waals surface area contributed by atoms with E-state index in [1.54, 1.807) is 31.2 Å². The van der Waals surface area contributed by atoms with Gasteiger partial charge in [-0.1, -0.05) is 36.4 Å². The van der Waals surface area contributed by atoms with Crippen LogP contribution in [0.25, 0.3) is 0 Å². The average molecular weight is 500 g/mol. The number of benzene rings is 2. The number of aliphatic hydroxyl groups is 2. The number of rotatable bonds is 5. The Labute approximate surface area is 196 Å². The molecule has 2 atom stereocenters. The van der Waals surface area contributed by atoms with Crippen molar-refractivity contribution in [3.63, 3.8) is 0 Å². The van der Waals surface area contributed by atoms with E-state index in [4.69, 9.17) is 4.42 Å². The fourth-order valence-electron chi connectivity index (χ4n) is 4.86. The number of aliphatic hydroxyl groups excluding tert-OH is 1. The van der Waals surface area contributed by atoms with Gasteiger partial charge in [-0.2, -0.15) is 26.3 Å². The molecular weight excluding hydrogens is 478 g/mol. The van der Waals surface area contributed by atoms with E-state index in [0.29, 0.717) is 28.6 Å². The van der Waals surface area contributed by atoms with Gasteiger partial charge in [-0.25, -0.2) is 4.98 Å². The maximum atomic E-state index is 13.4. The van der Waals surface area contributed by atoms with Crippen molar-refractivity contribution in [3.05, 3.63) is 83.1 Å². The molecule has 0 spiro atoms. The third-order valence-corrected chi connectivity index (χ3v) is 6.62. The van der Waals surface area contributed by atoms with Crippen LogP contribution in [0, 0.1) is 0 Å². The van der Waals surface area contributed by atoms with Gasteiger partial charge in [0.05, 0.1) is 6.61 Å². The van der Waals surface area contributed by atoms with Gasteiger partial charge in [0.25, 0.3) is 5.60 Å². The maximum Gasteiger partial charge on any atom is 0.430 e. The summed E-state index contributed by atoms with van der Waals surface area (Å²) in [5.41, 5.74) is -4.98. The second kappa shape index (κ2) is 8.27. The number of fused-ring (bicyclic) bond motifs is 1. The Morgan fingerprint density at radius 2 is 1.71 bits per heavy atom. The fraction of sp³-hybridized carbons (Fsp3) is 0.375. The molecule has 3 aromatic rings. The minimum Gasteiger partial charge on any atom is -0.451 e. The van der Waals surface area contributed by atoms with Crippen LogP contribution in [0.4, 0.5) is 32.0 Å². The maximum absolute atomic E-state index is 13.4. The van der Waals surface area contributed by atoms with Gasteiger partial charge in [0, 0.05) is 17.3 Å². The Kier molecular flexibility index (Phi) is 5.92. The third-order valence-electron chi connectivity index (χ3n) is 6.62. The van der Waals surface area contributed by atoms with Crippen LogP contribution in [-0.4, -0.2) is 33.6 Å². The largest absolute Gasteiger partial charge is 0.451 e. The van der Waals surface area contributed by atoms with E-state index in [0.717, 1.165) is 12.1 Å². The fourth-order valence-corrected chi connectivity index (χ4v) is 4.86. The molecule has 0 fully saturated rings. The first-order chi connectivity index (χ1) is 16.2. The summed E-state index contributed by atoms with van der Waals surface area (Å²) in [6.07, 6.45) is -9.17. The lowest BCUT2D eigenvalue weighted by Crippen LogP contribution is -2.54. The molecular formula is C24H22F6N2O3. The molecule has 1 aliphatic rings. The lowest BCUT2D eigenvalue weighted by molar-refractivity contribution is -0.376. The van der Waals surface area contributed by atoms with Crippen molar-refractivity contribution in [2.75, 3.05) is 4.90 Å². The lowest BCUT2D eigenvalue weighted by atomic mass is 9.85. The Morgan fingerprint density at radius 1 is 1.03 bits per heavy atom. The summed E-state index contributed by atoms with van der Waals surface area (Å²) in [4.78, 5) is 6.13. The van der Waals surface area contributed by atoms with Crippen LogP contribution in [0.2, 0.25) is 0 Å². The Hall–Kier alpha value is -3.05. The van der Waals surface area contributed by atoms with Crippen molar-refractivity contribution in [1.29, 1.82) is 0 Å². The number of hydrogen-bond donors (Lipinski definition) is 2. The molecule has 1 aliphatic heterocycles. The van der Waals surface area contributed by atoms with E-state index in [9.17, 15) is 36.6 Å². The zero-order valence-electron chi connectivity index (χ0n) is 18.7. The summed E-state index contributed by atoms with van der Waals surface area (Å²) in [6, 6.07) is 9.19. The quantitative estimate of drug-likeness (QED) is 0.472. The minimum atomic E-state index is -5.97. The summed E-state index contributed by atoms with van der Waals surface area (Å²) in [5.74, 6) is 0. The summed E-state index contributed by atoms with van der Waals surface area (Å²) in [5, 5.41) is 19.5. The molecule has 0 amide bonds. The first kappa shape index (κ1) is 25.1. The number of anilines is 1. The van der Waals surface area contributed by atoms with Gasteiger partial charge < -0.3 is 19.5 Å². The van der Waals surface area contributed by atoms with E-state index in [1.807, 2.05) is 11.8 Å². The zero-order chi connectivity index (χ0) is 25.8. The normalized spacial score (nSPS) is 18.5. The third kappa shape index (κ3) is 3.77. The highest BCUT2D eigenvalue weighted by molar-refractivity contribution is 5.65. The number of alkyl halides is 6. The predicted octanol–water partition coefficient (Wildman–Crippen LogP) is 5.19. The molecule has 188 valence electrons. The van der Waals surface area contributed by atoms with Crippen LogP contribution in [0.1, 0.15) is 41.8 Å². The molecule has 2 heterocycles. The van der Waals surface area contributed by atoms with E-state index in [1.165, 1.54) is 12.7 Å². The van der Waals surface area contributed by atoms with E-state index >= 15 is 0 Å². The van der Waals surface area contributed by atoms with Crippen molar-refractivity contribution in [2.45, 2.75) is 56.4 Å². The van der Waals surface area contributed by atoms with Gasteiger partial charge in [-0.3, -0.25) is 0 Å². The first-order valence-electron chi connectivity index (χ1n) is 10.6. The van der Waals surface area contributed by atoms with Crippen LogP contribution < -0.4 is 4.90 Å². The van der Waals surface area contributed by atoms with Crippen LogP contribution >= 0.6 is 0 Å². The molecule has 0 radical (unpaired) electrons. The van der Waals surface area contributed by atoms with Gasteiger partial charge in [-0.15, -0.1) is 0 Å². The lowest BCUT2D eigenvalue weighted by Gasteiger charge is -2.43. The van der Waals surface area contributed by atoms with Gasteiger partial charge >= 0.3 is 12.4 Å².